The molecular weight excluding hydrogens is 338 g/mol. The Kier molecular flexibility index (Phi) is 4.80. The largest absolute Gasteiger partial charge is 0.496 e. The summed E-state index contributed by atoms with van der Waals surface area (Å²) in [5.74, 6) is 1.16. The Labute approximate surface area is 130 Å². The van der Waals surface area contributed by atoms with Gasteiger partial charge in [0, 0.05) is 5.33 Å². The molecule has 0 aromatic heterocycles. The summed E-state index contributed by atoms with van der Waals surface area (Å²) in [5, 5.41) is 11.9. The lowest BCUT2D eigenvalue weighted by molar-refractivity contribution is -0.385. The highest BCUT2D eigenvalue weighted by Gasteiger charge is 2.17. The molecule has 0 unspecified atom stereocenters. The van der Waals surface area contributed by atoms with Gasteiger partial charge in [0.15, 0.2) is 0 Å². The fraction of sp³-hybridized carbons (Fsp3) is 0.200. The third-order valence-corrected chi connectivity index (χ3v) is 3.65. The van der Waals surface area contributed by atoms with Crippen LogP contribution in [-0.4, -0.2) is 12.0 Å². The maximum Gasteiger partial charge on any atom is 0.315 e. The van der Waals surface area contributed by atoms with Crippen LogP contribution in [0.4, 0.5) is 5.69 Å². The third kappa shape index (κ3) is 3.52. The molecule has 0 fully saturated rings. The van der Waals surface area contributed by atoms with E-state index in [2.05, 4.69) is 15.9 Å². The van der Waals surface area contributed by atoms with Gasteiger partial charge in [-0.3, -0.25) is 10.1 Å². The van der Waals surface area contributed by atoms with Crippen molar-refractivity contribution in [3.63, 3.8) is 0 Å². The fourth-order valence-corrected chi connectivity index (χ4v) is 2.49. The Morgan fingerprint density at radius 2 is 1.90 bits per heavy atom. The zero-order valence-corrected chi connectivity index (χ0v) is 13.2. The lowest BCUT2D eigenvalue weighted by atomic mass is 10.1. The quantitative estimate of drug-likeness (QED) is 0.448. The molecule has 0 atom stereocenters. The molecule has 0 radical (unpaired) electrons. The van der Waals surface area contributed by atoms with Crippen molar-refractivity contribution in [1.29, 1.82) is 0 Å². The summed E-state index contributed by atoms with van der Waals surface area (Å²) in [6.07, 6.45) is 0. The number of alkyl halides is 1. The smallest absolute Gasteiger partial charge is 0.315 e. The Hall–Kier alpha value is -2.08. The van der Waals surface area contributed by atoms with Gasteiger partial charge in [-0.2, -0.15) is 0 Å². The molecule has 0 aliphatic carbocycles. The van der Waals surface area contributed by atoms with Crippen LogP contribution in [0.15, 0.2) is 36.4 Å². The molecule has 0 saturated carbocycles. The van der Waals surface area contributed by atoms with Crippen LogP contribution in [0.3, 0.4) is 0 Å². The lowest BCUT2D eigenvalue weighted by Gasteiger charge is -2.09. The summed E-state index contributed by atoms with van der Waals surface area (Å²) in [5.41, 5.74) is 2.07. The Morgan fingerprint density at radius 1 is 1.19 bits per heavy atom. The molecule has 2 rings (SSSR count). The van der Waals surface area contributed by atoms with Gasteiger partial charge in [0.25, 0.3) is 0 Å². The van der Waals surface area contributed by atoms with Crippen LogP contribution < -0.4 is 9.47 Å². The first-order chi connectivity index (χ1) is 10.0. The fourth-order valence-electron chi connectivity index (χ4n) is 1.86. The average molecular weight is 352 g/mol. The van der Waals surface area contributed by atoms with Gasteiger partial charge in [-0.1, -0.05) is 22.0 Å². The van der Waals surface area contributed by atoms with Gasteiger partial charge >= 0.3 is 5.69 Å². The van der Waals surface area contributed by atoms with Gasteiger partial charge in [0.2, 0.25) is 5.75 Å². The van der Waals surface area contributed by atoms with E-state index in [0.717, 1.165) is 16.5 Å². The molecule has 6 heteroatoms. The number of ether oxygens (including phenoxy) is 2. The van der Waals surface area contributed by atoms with Crippen LogP contribution in [0.25, 0.3) is 0 Å². The zero-order valence-electron chi connectivity index (χ0n) is 11.6. The van der Waals surface area contributed by atoms with E-state index in [9.17, 15) is 10.1 Å². The summed E-state index contributed by atoms with van der Waals surface area (Å²) >= 11 is 3.40. The van der Waals surface area contributed by atoms with Crippen LogP contribution in [0.5, 0.6) is 17.2 Å². The number of nitrogens with zero attached hydrogens (tertiary/aromatic N) is 1. The zero-order chi connectivity index (χ0) is 15.4. The molecule has 0 saturated heterocycles. The van der Waals surface area contributed by atoms with Gasteiger partial charge in [0.1, 0.15) is 11.5 Å². The number of hydrogen-bond donors (Lipinski definition) is 0. The maximum absolute atomic E-state index is 11.1. The average Bonchev–Trinajstić information content (AvgIpc) is 2.47. The predicted molar refractivity (Wildman–Crippen MR) is 83.5 cm³/mol. The number of nitro groups is 1. The molecule has 0 spiro atoms. The van der Waals surface area contributed by atoms with E-state index in [1.54, 1.807) is 12.1 Å². The molecule has 2 aromatic carbocycles. The second-order valence-electron chi connectivity index (χ2n) is 4.41. The van der Waals surface area contributed by atoms with E-state index in [-0.39, 0.29) is 11.4 Å². The number of nitro benzene ring substituents is 1. The minimum absolute atomic E-state index is 0.128. The van der Waals surface area contributed by atoms with Gasteiger partial charge in [-0.25, -0.2) is 0 Å². The van der Waals surface area contributed by atoms with Crippen molar-refractivity contribution in [2.45, 2.75) is 12.3 Å². The molecule has 110 valence electrons. The van der Waals surface area contributed by atoms with Gasteiger partial charge in [0.05, 0.1) is 18.1 Å². The molecular formula is C15H14BrNO4. The van der Waals surface area contributed by atoms with Crippen molar-refractivity contribution in [2.24, 2.45) is 0 Å². The molecule has 0 amide bonds. The standard InChI is InChI=1S/C15H14BrNO4/c1-10-7-13(4-3-11(10)9-16)21-15-6-5-12(20-2)8-14(15)17(18)19/h3-8H,9H2,1-2H3. The molecule has 2 aromatic rings. The molecule has 0 aliphatic rings. The topological polar surface area (TPSA) is 61.6 Å². The Bertz CT molecular complexity index is 673. The van der Waals surface area contributed by atoms with Crippen LogP contribution in [0.2, 0.25) is 0 Å². The van der Waals surface area contributed by atoms with Crippen molar-refractivity contribution in [2.75, 3.05) is 7.11 Å². The van der Waals surface area contributed by atoms with Crippen LogP contribution in [0.1, 0.15) is 11.1 Å². The summed E-state index contributed by atoms with van der Waals surface area (Å²) in [6, 6.07) is 10.1. The molecule has 0 heterocycles. The number of benzene rings is 2. The maximum atomic E-state index is 11.1. The van der Waals surface area contributed by atoms with Crippen LogP contribution >= 0.6 is 15.9 Å². The number of aryl methyl sites for hydroxylation is 1. The van der Waals surface area contributed by atoms with Crippen LogP contribution in [-0.2, 0) is 5.33 Å². The molecule has 21 heavy (non-hydrogen) atoms. The van der Waals surface area contributed by atoms with E-state index in [0.29, 0.717) is 11.5 Å². The number of hydrogen-bond acceptors (Lipinski definition) is 4. The van der Waals surface area contributed by atoms with E-state index in [1.165, 1.54) is 19.2 Å². The molecule has 0 bridgehead atoms. The number of methoxy groups -OCH3 is 1. The molecule has 0 N–H and O–H groups in total. The van der Waals surface area contributed by atoms with Crippen LogP contribution in [0, 0.1) is 17.0 Å². The second-order valence-corrected chi connectivity index (χ2v) is 4.98. The SMILES string of the molecule is COc1ccc(Oc2ccc(CBr)c(C)c2)c([N+](=O)[O-])c1. The van der Waals surface area contributed by atoms with Gasteiger partial charge in [-0.15, -0.1) is 0 Å². The number of halogens is 1. The second kappa shape index (κ2) is 6.58. The molecule has 0 aliphatic heterocycles. The first-order valence-corrected chi connectivity index (χ1v) is 7.33. The summed E-state index contributed by atoms with van der Waals surface area (Å²) in [4.78, 5) is 10.6. The van der Waals surface area contributed by atoms with E-state index in [1.807, 2.05) is 19.1 Å². The van der Waals surface area contributed by atoms with Gasteiger partial charge in [-0.05, 0) is 42.3 Å². The molecule has 5 nitrogen and oxygen atoms in total. The van der Waals surface area contributed by atoms with E-state index < -0.39 is 4.92 Å². The summed E-state index contributed by atoms with van der Waals surface area (Å²) in [6.45, 7) is 1.96. The summed E-state index contributed by atoms with van der Waals surface area (Å²) in [7, 11) is 1.46. The first-order valence-electron chi connectivity index (χ1n) is 6.21. The first kappa shape index (κ1) is 15.3. The van der Waals surface area contributed by atoms with Crippen molar-refractivity contribution in [3.05, 3.63) is 57.6 Å². The number of rotatable bonds is 5. The van der Waals surface area contributed by atoms with E-state index >= 15 is 0 Å². The Balaban J connectivity index is 2.35. The Morgan fingerprint density at radius 3 is 2.48 bits per heavy atom. The highest BCUT2D eigenvalue weighted by Crippen LogP contribution is 2.35. The highest BCUT2D eigenvalue weighted by molar-refractivity contribution is 9.08. The van der Waals surface area contributed by atoms with E-state index in [4.69, 9.17) is 9.47 Å². The van der Waals surface area contributed by atoms with Crippen molar-refractivity contribution in [1.82, 2.24) is 0 Å². The minimum atomic E-state index is -0.489. The minimum Gasteiger partial charge on any atom is -0.496 e. The third-order valence-electron chi connectivity index (χ3n) is 3.05. The van der Waals surface area contributed by atoms with Crippen molar-refractivity contribution in [3.8, 4) is 17.2 Å². The van der Waals surface area contributed by atoms with Crippen molar-refractivity contribution >= 4 is 21.6 Å². The monoisotopic (exact) mass is 351 g/mol. The van der Waals surface area contributed by atoms with Gasteiger partial charge < -0.3 is 9.47 Å². The summed E-state index contributed by atoms with van der Waals surface area (Å²) < 4.78 is 10.6. The normalized spacial score (nSPS) is 10.2. The predicted octanol–water partition coefficient (Wildman–Crippen LogP) is 4.60. The highest BCUT2D eigenvalue weighted by atomic mass is 79.9. The lowest BCUT2D eigenvalue weighted by Crippen LogP contribution is -1.95. The van der Waals surface area contributed by atoms with Crippen molar-refractivity contribution < 1.29 is 14.4 Å².